The predicted molar refractivity (Wildman–Crippen MR) is 251 cm³/mol. The molecule has 0 atom stereocenters. The fourth-order valence-electron chi connectivity index (χ4n) is 9.14. The molecular weight excluding hydrogens is 952 g/mol. The summed E-state index contributed by atoms with van der Waals surface area (Å²) < 4.78 is 95.2. The van der Waals surface area contributed by atoms with Gasteiger partial charge in [-0.3, -0.25) is 23.5 Å². The maximum absolute atomic E-state index is 13.1. The average Bonchev–Trinajstić information content (AvgIpc) is 3.73. The number of imide groups is 1. The number of unbranched alkanes of at least 4 members (excludes halogenated alkanes) is 2. The Morgan fingerprint density at radius 3 is 1.93 bits per heavy atom. The van der Waals surface area contributed by atoms with Crippen molar-refractivity contribution in [2.45, 2.75) is 86.8 Å². The van der Waals surface area contributed by atoms with Gasteiger partial charge in [-0.2, -0.15) is 21.4 Å². The second-order valence-electron chi connectivity index (χ2n) is 17.5. The normalized spacial score (nSPS) is 17.6. The number of sulfonamides is 1. The van der Waals surface area contributed by atoms with Crippen molar-refractivity contribution < 1.29 is 63.0 Å². The molecule has 1 fully saturated rings. The Labute approximate surface area is 431 Å². The number of carbonyl (C=O) groups excluding carboxylic acids is 4. The zero-order valence-electron chi connectivity index (χ0n) is 37.8. The molecule has 0 aliphatic carbocycles. The summed E-state index contributed by atoms with van der Waals surface area (Å²) >= 11 is 0. The molecule has 0 saturated carbocycles. The fraction of sp³-hybridized carbons (Fsp3) is 0.326. The van der Waals surface area contributed by atoms with Crippen molar-refractivity contribution in [2.75, 3.05) is 24.2 Å². The van der Waals surface area contributed by atoms with Crippen molar-refractivity contribution in [1.29, 1.82) is 0 Å². The molecule has 4 aromatic rings. The van der Waals surface area contributed by atoms with Crippen molar-refractivity contribution in [1.82, 2.24) is 9.79 Å². The molecule has 0 bridgehead atoms. The maximum Gasteiger partial charge on any atom is 0.333 e. The zero-order chi connectivity index (χ0) is 48.1. The quantitative estimate of drug-likeness (QED) is 0.0332. The van der Waals surface area contributed by atoms with E-state index in [-0.39, 0.29) is 87.0 Å². The van der Waals surface area contributed by atoms with Crippen LogP contribution in [0.2, 0.25) is 0 Å². The Morgan fingerprint density at radius 1 is 0.761 bits per heavy atom. The van der Waals surface area contributed by atoms with Gasteiger partial charge in [0.05, 0.1) is 21.5 Å². The summed E-state index contributed by atoms with van der Waals surface area (Å²) in [4.78, 5) is 56.0. The molecule has 3 aliphatic rings. The first-order chi connectivity index (χ1) is 30.8. The van der Waals surface area contributed by atoms with Crippen LogP contribution in [0.15, 0.2) is 107 Å². The third kappa shape index (κ3) is 10.9. The second kappa shape index (κ2) is 19.5. The van der Waals surface area contributed by atoms with E-state index in [0.29, 0.717) is 58.4 Å². The van der Waals surface area contributed by atoms with Crippen molar-refractivity contribution in [3.05, 3.63) is 108 Å². The van der Waals surface area contributed by atoms with Gasteiger partial charge in [-0.1, -0.05) is 56.7 Å². The Hall–Kier alpha value is -4.42. The smallest absolute Gasteiger partial charge is 0.333 e. The number of hydroxylamine groups is 2. The second-order valence-corrected chi connectivity index (χ2v) is 22.0. The number of anilines is 1. The molecule has 17 nitrogen and oxygen atoms in total. The van der Waals surface area contributed by atoms with Crippen LogP contribution < -0.4 is 9.62 Å². The Kier molecular flexibility index (Phi) is 15.1. The van der Waals surface area contributed by atoms with Gasteiger partial charge in [-0.25, -0.2) is 17.9 Å². The third-order valence-electron chi connectivity index (χ3n) is 12.0. The maximum atomic E-state index is 13.1. The van der Waals surface area contributed by atoms with Crippen molar-refractivity contribution in [2.24, 2.45) is 0 Å². The molecule has 1 radical (unpaired) electrons. The molecule has 0 spiro atoms. The molecule has 4 aromatic carbocycles. The van der Waals surface area contributed by atoms with Crippen molar-refractivity contribution in [3.63, 3.8) is 0 Å². The zero-order valence-corrected chi connectivity index (χ0v) is 43.3. The van der Waals surface area contributed by atoms with Crippen LogP contribution in [0, 0.1) is 0 Å². The van der Waals surface area contributed by atoms with Crippen LogP contribution in [0.5, 0.6) is 0 Å². The van der Waals surface area contributed by atoms with Crippen molar-refractivity contribution in [3.8, 4) is 0 Å². The first-order valence-electron chi connectivity index (χ1n) is 20.9. The van der Waals surface area contributed by atoms with Gasteiger partial charge in [0.1, 0.15) is 0 Å². The predicted octanol–water partition coefficient (Wildman–Crippen LogP) is 5.52. The van der Waals surface area contributed by atoms with Gasteiger partial charge < -0.3 is 9.74 Å². The number of hydrogen-bond acceptors (Lipinski definition) is 12. The third-order valence-corrected chi connectivity index (χ3v) is 14.3. The number of nitrogens with zero attached hydrogens (tertiary/aromatic N) is 3. The fourth-order valence-corrected chi connectivity index (χ4v) is 10.6. The van der Waals surface area contributed by atoms with Gasteiger partial charge in [-0.05, 0) is 96.3 Å². The first kappa shape index (κ1) is 52.0. The monoisotopic (exact) mass is 1000 g/mol. The summed E-state index contributed by atoms with van der Waals surface area (Å²) in [5.41, 5.74) is 3.27. The van der Waals surface area contributed by atoms with E-state index in [9.17, 15) is 53.5 Å². The molecule has 3 amide bonds. The van der Waals surface area contributed by atoms with E-state index in [4.69, 9.17) is 4.84 Å². The Morgan fingerprint density at radius 2 is 1.34 bits per heavy atom. The number of allylic oxidation sites excluding steroid dienone is 6. The number of carbonyl (C=O) groups is 4. The van der Waals surface area contributed by atoms with Gasteiger partial charge in [-0.15, -0.1) is 5.06 Å². The van der Waals surface area contributed by atoms with Gasteiger partial charge in [0.25, 0.3) is 38.0 Å². The topological polar surface area (TPSA) is 242 Å². The molecule has 0 unspecified atom stereocenters. The number of fused-ring (bicyclic) bond motifs is 6. The molecule has 3 N–H and O–H groups in total. The Balaban J connectivity index is 0.00000741. The van der Waals surface area contributed by atoms with E-state index in [1.54, 1.807) is 47.1 Å². The minimum absolute atomic E-state index is 0. The van der Waals surface area contributed by atoms with Crippen LogP contribution in [0.4, 0.5) is 11.4 Å². The molecule has 1 saturated heterocycles. The molecule has 0 aromatic heterocycles. The van der Waals surface area contributed by atoms with E-state index in [2.05, 4.69) is 4.90 Å². The number of nitrogens with one attached hydrogen (secondary N) is 1. The number of benzene rings is 4. The van der Waals surface area contributed by atoms with E-state index in [1.807, 2.05) is 56.7 Å². The minimum Gasteiger partial charge on any atom is -0.344 e. The van der Waals surface area contributed by atoms with Crippen LogP contribution in [-0.4, -0.2) is 144 Å². The number of rotatable bonds is 15. The molecule has 349 valence electrons. The molecular formula is C46H49KN4O13S3+. The van der Waals surface area contributed by atoms with E-state index in [1.165, 1.54) is 24.3 Å². The Bertz CT molecular complexity index is 3220. The van der Waals surface area contributed by atoms with Gasteiger partial charge >= 0.3 is 5.97 Å². The first-order valence-corrected chi connectivity index (χ1v) is 25.7. The molecule has 3 heterocycles. The summed E-state index contributed by atoms with van der Waals surface area (Å²) in [5, 5.41) is 3.13. The summed E-state index contributed by atoms with van der Waals surface area (Å²) in [6, 6.07) is 15.8. The molecule has 21 heteroatoms. The van der Waals surface area contributed by atoms with Crippen LogP contribution in [0.25, 0.3) is 21.5 Å². The SMILES string of the molecule is CC1(C)C(\C=C/C=C/C=C2/N(CCCCCC(=O)ON3C(=O)CCC3=O)c3ccc4cc(S(=O)(=O)O)ccc4c3C2(C)C)=[N+](CC(=O)NS(C)(=O)=O)c2ccc3cc(S(=O)(=O)O)ccc3c21.[K]. The van der Waals surface area contributed by atoms with E-state index < -0.39 is 64.8 Å². The van der Waals surface area contributed by atoms with Crippen LogP contribution in [-0.2, 0) is 65.1 Å². The minimum atomic E-state index is -4.49. The summed E-state index contributed by atoms with van der Waals surface area (Å²) in [6.45, 7) is 8.12. The van der Waals surface area contributed by atoms with Gasteiger partial charge in [0, 0.05) is 112 Å². The molecule has 67 heavy (non-hydrogen) atoms. The standard InChI is InChI=1S/C46H48N4O13S3.K/c1-45(2)37(48(25-11-7-10-14-42(54)63-50-40(52)23-24-41(50)53)35-21-15-29-26-31(65(57,58)59)17-19-33(29)43(35)45)12-8-6-9-13-38-46(3,4)44-34-20-18-32(66(60,61)62)27-30(34)16-22-36(44)49(38)28-39(51)47-64(5,55)56;/h6,8-9,12-13,15-22,26-27H,7,10-11,14,23-25,28H2,1-5H3,(H2-,47,51,57,58,59,60,61,62);/p+1. The van der Waals surface area contributed by atoms with Crippen molar-refractivity contribution >= 4 is 144 Å². The van der Waals surface area contributed by atoms with Crippen LogP contribution in [0.1, 0.15) is 77.3 Å². The summed E-state index contributed by atoms with van der Waals surface area (Å²) in [7, 11) is -12.8. The largest absolute Gasteiger partial charge is 0.344 e. The number of hydrogen-bond donors (Lipinski definition) is 3. The van der Waals surface area contributed by atoms with Crippen LogP contribution in [0.3, 0.4) is 0 Å². The summed E-state index contributed by atoms with van der Waals surface area (Å²) in [5.74, 6) is -2.54. The summed E-state index contributed by atoms with van der Waals surface area (Å²) in [6.07, 6.45) is 11.8. The van der Waals surface area contributed by atoms with E-state index in [0.717, 1.165) is 34.2 Å². The van der Waals surface area contributed by atoms with E-state index >= 15 is 0 Å². The average molecular weight is 1000 g/mol. The van der Waals surface area contributed by atoms with Gasteiger partial charge in [0.15, 0.2) is 5.71 Å². The molecule has 3 aliphatic heterocycles. The van der Waals surface area contributed by atoms with Gasteiger partial charge in [0.2, 0.25) is 22.3 Å². The van der Waals surface area contributed by atoms with Crippen LogP contribution >= 0.6 is 0 Å². The number of amides is 3. The molecule has 7 rings (SSSR count).